The molecule has 2 aliphatic heterocycles. The van der Waals surface area contributed by atoms with E-state index < -0.39 is 0 Å². The molecule has 0 bridgehead atoms. The lowest BCUT2D eigenvalue weighted by Crippen LogP contribution is -2.37. The van der Waals surface area contributed by atoms with Crippen LogP contribution in [0, 0.1) is 0 Å². The van der Waals surface area contributed by atoms with Crippen molar-refractivity contribution in [1.29, 1.82) is 0 Å². The quantitative estimate of drug-likeness (QED) is 0.908. The number of hydrogen-bond donors (Lipinski definition) is 1. The molecule has 124 valence electrons. The number of nitrogens with one attached hydrogen (secondary N) is 1. The van der Waals surface area contributed by atoms with Gasteiger partial charge in [-0.15, -0.1) is 0 Å². The number of hydrogen-bond acceptors (Lipinski definition) is 3. The van der Waals surface area contributed by atoms with Crippen molar-refractivity contribution >= 4 is 6.03 Å². The number of likely N-dealkylation sites (tertiary alicyclic amines) is 1. The van der Waals surface area contributed by atoms with Gasteiger partial charge in [-0.1, -0.05) is 18.2 Å². The first kappa shape index (κ1) is 14.8. The molecular formula is C18H20N4O2. The van der Waals surface area contributed by atoms with Crippen molar-refractivity contribution < 1.29 is 9.53 Å². The normalized spacial score (nSPS) is 23.1. The standard InChI is InChI=1S/C18H20N4O2/c23-18(21-7-6-15(11-21)16-10-19-13-20-16)22-8-9-24-17(12-22)14-4-2-1-3-5-14/h1-2,4,8-10,12-13,15H,3,5-7,11H2,(H,19,20). The Hall–Kier alpha value is -2.76. The highest BCUT2D eigenvalue weighted by molar-refractivity contribution is 5.77. The zero-order valence-electron chi connectivity index (χ0n) is 13.4. The van der Waals surface area contributed by atoms with Crippen LogP contribution in [0.3, 0.4) is 0 Å². The number of aromatic nitrogens is 2. The van der Waals surface area contributed by atoms with E-state index in [1.807, 2.05) is 23.2 Å². The van der Waals surface area contributed by atoms with Crippen molar-refractivity contribution in [2.75, 3.05) is 13.1 Å². The number of carbonyl (C=O) groups excluding carboxylic acids is 1. The molecular weight excluding hydrogens is 304 g/mol. The number of aromatic amines is 1. The summed E-state index contributed by atoms with van der Waals surface area (Å²) in [7, 11) is 0. The van der Waals surface area contributed by atoms with Crippen molar-refractivity contribution in [1.82, 2.24) is 19.8 Å². The van der Waals surface area contributed by atoms with Gasteiger partial charge in [0.15, 0.2) is 0 Å². The number of nitrogens with zero attached hydrogens (tertiary/aromatic N) is 3. The Bertz CT molecular complexity index is 730. The van der Waals surface area contributed by atoms with Gasteiger partial charge in [-0.3, -0.25) is 4.90 Å². The van der Waals surface area contributed by atoms with Crippen LogP contribution >= 0.6 is 0 Å². The number of amides is 2. The molecule has 0 aromatic carbocycles. The molecule has 0 saturated carbocycles. The monoisotopic (exact) mass is 324 g/mol. The van der Waals surface area contributed by atoms with Gasteiger partial charge < -0.3 is 14.6 Å². The molecule has 1 aliphatic carbocycles. The summed E-state index contributed by atoms with van der Waals surface area (Å²) in [5, 5.41) is 0. The maximum atomic E-state index is 12.8. The number of carbonyl (C=O) groups is 1. The summed E-state index contributed by atoms with van der Waals surface area (Å²) < 4.78 is 5.59. The van der Waals surface area contributed by atoms with Gasteiger partial charge in [-0.2, -0.15) is 0 Å². The minimum atomic E-state index is -0.0166. The molecule has 6 heteroatoms. The van der Waals surface area contributed by atoms with Gasteiger partial charge in [-0.25, -0.2) is 9.78 Å². The molecule has 1 unspecified atom stereocenters. The fourth-order valence-corrected chi connectivity index (χ4v) is 3.29. The second-order valence-corrected chi connectivity index (χ2v) is 6.17. The Morgan fingerprint density at radius 3 is 3.17 bits per heavy atom. The van der Waals surface area contributed by atoms with Crippen LogP contribution in [0.2, 0.25) is 0 Å². The zero-order chi connectivity index (χ0) is 16.4. The van der Waals surface area contributed by atoms with Gasteiger partial charge in [0.2, 0.25) is 0 Å². The molecule has 0 spiro atoms. The molecule has 1 aromatic heterocycles. The van der Waals surface area contributed by atoms with E-state index >= 15 is 0 Å². The van der Waals surface area contributed by atoms with E-state index in [4.69, 9.17) is 4.74 Å². The van der Waals surface area contributed by atoms with Gasteiger partial charge in [0, 0.05) is 31.4 Å². The molecule has 1 fully saturated rings. The lowest BCUT2D eigenvalue weighted by Gasteiger charge is -2.26. The fourth-order valence-electron chi connectivity index (χ4n) is 3.29. The molecule has 24 heavy (non-hydrogen) atoms. The Morgan fingerprint density at radius 2 is 2.38 bits per heavy atom. The van der Waals surface area contributed by atoms with Crippen LogP contribution < -0.4 is 0 Å². The van der Waals surface area contributed by atoms with E-state index in [9.17, 15) is 4.79 Å². The summed E-state index contributed by atoms with van der Waals surface area (Å²) in [5.74, 6) is 1.05. The lowest BCUT2D eigenvalue weighted by atomic mass is 10.0. The first-order valence-electron chi connectivity index (χ1n) is 8.28. The molecule has 1 atom stereocenters. The van der Waals surface area contributed by atoms with Crippen LogP contribution in [0.4, 0.5) is 4.79 Å². The zero-order valence-corrected chi connectivity index (χ0v) is 13.4. The number of H-pyrrole nitrogens is 1. The largest absolute Gasteiger partial charge is 0.462 e. The van der Waals surface area contributed by atoms with Gasteiger partial charge in [-0.05, 0) is 24.8 Å². The van der Waals surface area contributed by atoms with Crippen LogP contribution in [-0.4, -0.2) is 38.9 Å². The summed E-state index contributed by atoms with van der Waals surface area (Å²) in [6.45, 7) is 1.44. The third-order valence-corrected chi connectivity index (χ3v) is 4.62. The predicted octanol–water partition coefficient (Wildman–Crippen LogP) is 3.24. The number of ether oxygens (including phenoxy) is 1. The Balaban J connectivity index is 1.45. The topological polar surface area (TPSA) is 61.5 Å². The number of allylic oxidation sites excluding steroid dienone is 4. The third kappa shape index (κ3) is 2.87. The van der Waals surface area contributed by atoms with Crippen molar-refractivity contribution in [3.8, 4) is 0 Å². The highest BCUT2D eigenvalue weighted by Crippen LogP contribution is 2.28. The van der Waals surface area contributed by atoms with Crippen LogP contribution in [-0.2, 0) is 4.74 Å². The van der Waals surface area contributed by atoms with Gasteiger partial charge in [0.05, 0.1) is 18.2 Å². The summed E-state index contributed by atoms with van der Waals surface area (Å²) in [4.78, 5) is 23.6. The van der Waals surface area contributed by atoms with Gasteiger partial charge in [0.1, 0.15) is 12.0 Å². The smallest absolute Gasteiger partial charge is 0.328 e. The van der Waals surface area contributed by atoms with Crippen molar-refractivity contribution in [3.05, 3.63) is 66.4 Å². The van der Waals surface area contributed by atoms with Gasteiger partial charge in [0.25, 0.3) is 0 Å². The lowest BCUT2D eigenvalue weighted by molar-refractivity contribution is 0.185. The average molecular weight is 324 g/mol. The summed E-state index contributed by atoms with van der Waals surface area (Å²) in [5.41, 5.74) is 2.15. The molecule has 6 nitrogen and oxygen atoms in total. The third-order valence-electron chi connectivity index (χ3n) is 4.62. The highest BCUT2D eigenvalue weighted by atomic mass is 16.5. The van der Waals surface area contributed by atoms with E-state index in [1.165, 1.54) is 0 Å². The fraction of sp³-hybridized carbons (Fsp3) is 0.333. The Kier molecular flexibility index (Phi) is 3.94. The summed E-state index contributed by atoms with van der Waals surface area (Å²) >= 11 is 0. The first-order chi connectivity index (χ1) is 11.8. The summed E-state index contributed by atoms with van der Waals surface area (Å²) in [6.07, 6.45) is 17.7. The molecule has 0 radical (unpaired) electrons. The number of rotatable bonds is 2. The SMILES string of the molecule is O=C(N1C=COC(C2=CC=CCC2)=C1)N1CCC(c2c[nH]cn2)C1. The van der Waals surface area contributed by atoms with Crippen LogP contribution in [0.5, 0.6) is 0 Å². The van der Waals surface area contributed by atoms with Gasteiger partial charge >= 0.3 is 6.03 Å². The highest BCUT2D eigenvalue weighted by Gasteiger charge is 2.31. The van der Waals surface area contributed by atoms with E-state index in [-0.39, 0.29) is 6.03 Å². The molecule has 1 saturated heterocycles. The second-order valence-electron chi connectivity index (χ2n) is 6.17. The molecule has 1 N–H and O–H groups in total. The van der Waals surface area contributed by atoms with E-state index in [1.54, 1.807) is 29.9 Å². The Morgan fingerprint density at radius 1 is 1.42 bits per heavy atom. The molecule has 2 amide bonds. The second kappa shape index (κ2) is 6.39. The minimum Gasteiger partial charge on any atom is -0.462 e. The first-order valence-corrected chi connectivity index (χ1v) is 8.28. The maximum Gasteiger partial charge on any atom is 0.328 e. The van der Waals surface area contributed by atoms with E-state index in [0.29, 0.717) is 12.5 Å². The Labute approximate surface area is 140 Å². The number of imidazole rings is 1. The van der Waals surface area contributed by atoms with E-state index in [0.717, 1.165) is 42.8 Å². The average Bonchev–Trinajstić information content (AvgIpc) is 3.33. The summed E-state index contributed by atoms with van der Waals surface area (Å²) in [6, 6.07) is -0.0166. The van der Waals surface area contributed by atoms with E-state index in [2.05, 4.69) is 16.0 Å². The predicted molar refractivity (Wildman–Crippen MR) is 89.5 cm³/mol. The van der Waals surface area contributed by atoms with Crippen molar-refractivity contribution in [2.24, 2.45) is 0 Å². The van der Waals surface area contributed by atoms with Crippen LogP contribution in [0.25, 0.3) is 0 Å². The minimum absolute atomic E-state index is 0.0166. The molecule has 3 aliphatic rings. The molecule has 4 rings (SSSR count). The molecule has 3 heterocycles. The van der Waals surface area contributed by atoms with Crippen molar-refractivity contribution in [3.63, 3.8) is 0 Å². The molecule has 1 aromatic rings. The van der Waals surface area contributed by atoms with Crippen LogP contribution in [0.1, 0.15) is 30.9 Å². The van der Waals surface area contributed by atoms with Crippen molar-refractivity contribution in [2.45, 2.75) is 25.2 Å². The maximum absolute atomic E-state index is 12.8. The number of urea groups is 1. The van der Waals surface area contributed by atoms with Crippen LogP contribution in [0.15, 0.2) is 60.7 Å².